The summed E-state index contributed by atoms with van der Waals surface area (Å²) in [5.41, 5.74) is 1.18. The zero-order valence-corrected chi connectivity index (χ0v) is 15.1. The molecule has 134 valence electrons. The lowest BCUT2D eigenvalue weighted by Gasteiger charge is -2.26. The van der Waals surface area contributed by atoms with Crippen molar-refractivity contribution >= 4 is 16.7 Å². The second-order valence-corrected chi connectivity index (χ2v) is 6.84. The minimum absolute atomic E-state index is 0.232. The van der Waals surface area contributed by atoms with Gasteiger partial charge in [-0.15, -0.1) is 0 Å². The monoisotopic (exact) mass is 340 g/mol. The highest BCUT2D eigenvalue weighted by atomic mass is 16.5. The van der Waals surface area contributed by atoms with Crippen LogP contribution in [0.5, 0.6) is 0 Å². The van der Waals surface area contributed by atoms with E-state index in [9.17, 15) is 4.79 Å². The molecule has 0 radical (unpaired) electrons. The molecule has 1 amide bonds. The van der Waals surface area contributed by atoms with Gasteiger partial charge in [-0.05, 0) is 41.8 Å². The first-order chi connectivity index (χ1) is 12.2. The fourth-order valence-corrected chi connectivity index (χ4v) is 3.33. The molecule has 4 heteroatoms. The molecule has 0 N–H and O–H groups in total. The number of morpholine rings is 1. The van der Waals surface area contributed by atoms with E-state index in [1.807, 2.05) is 11.9 Å². The number of rotatable bonds is 7. The van der Waals surface area contributed by atoms with Crippen molar-refractivity contribution in [1.29, 1.82) is 0 Å². The first kappa shape index (κ1) is 17.9. The molecular formula is C21H28N2O2. The lowest BCUT2D eigenvalue weighted by Crippen LogP contribution is -2.36. The van der Waals surface area contributed by atoms with Crippen molar-refractivity contribution in [1.82, 2.24) is 9.80 Å². The third-order valence-electron chi connectivity index (χ3n) is 4.88. The number of amides is 1. The third kappa shape index (κ3) is 5.28. The first-order valence-electron chi connectivity index (χ1n) is 9.24. The lowest BCUT2D eigenvalue weighted by molar-refractivity contribution is -0.130. The Morgan fingerprint density at radius 1 is 1.08 bits per heavy atom. The summed E-state index contributed by atoms with van der Waals surface area (Å²) in [6, 6.07) is 14.8. The van der Waals surface area contributed by atoms with Gasteiger partial charge in [0.15, 0.2) is 0 Å². The number of nitrogens with zero attached hydrogens (tertiary/aromatic N) is 2. The molecule has 1 heterocycles. The van der Waals surface area contributed by atoms with Crippen LogP contribution in [0.1, 0.15) is 24.8 Å². The minimum Gasteiger partial charge on any atom is -0.379 e. The summed E-state index contributed by atoms with van der Waals surface area (Å²) in [6.45, 7) is 5.48. The molecule has 0 spiro atoms. The van der Waals surface area contributed by atoms with Crippen LogP contribution >= 0.6 is 0 Å². The van der Waals surface area contributed by atoms with Gasteiger partial charge in [0.05, 0.1) is 13.2 Å². The topological polar surface area (TPSA) is 32.8 Å². The van der Waals surface area contributed by atoms with Crippen molar-refractivity contribution in [3.05, 3.63) is 48.0 Å². The number of hydrogen-bond acceptors (Lipinski definition) is 3. The highest BCUT2D eigenvalue weighted by Gasteiger charge is 2.12. The van der Waals surface area contributed by atoms with Crippen LogP contribution in [0, 0.1) is 0 Å². The highest BCUT2D eigenvalue weighted by molar-refractivity contribution is 5.83. The third-order valence-corrected chi connectivity index (χ3v) is 4.88. The van der Waals surface area contributed by atoms with E-state index in [1.54, 1.807) is 0 Å². The van der Waals surface area contributed by atoms with Crippen molar-refractivity contribution in [2.45, 2.75) is 25.8 Å². The van der Waals surface area contributed by atoms with Gasteiger partial charge in [0, 0.05) is 33.1 Å². The average molecular weight is 340 g/mol. The van der Waals surface area contributed by atoms with E-state index in [4.69, 9.17) is 4.74 Å². The first-order valence-corrected chi connectivity index (χ1v) is 9.24. The van der Waals surface area contributed by atoms with Crippen LogP contribution in [0.25, 0.3) is 10.8 Å². The Labute approximate surface area is 150 Å². The molecule has 1 aliphatic rings. The summed E-state index contributed by atoms with van der Waals surface area (Å²) in [4.78, 5) is 16.6. The molecular weight excluding hydrogens is 312 g/mol. The molecule has 2 aromatic carbocycles. The smallest absolute Gasteiger partial charge is 0.222 e. The van der Waals surface area contributed by atoms with Gasteiger partial charge in [0.2, 0.25) is 5.91 Å². The van der Waals surface area contributed by atoms with Crippen LogP contribution in [-0.4, -0.2) is 55.6 Å². The molecule has 4 nitrogen and oxygen atoms in total. The molecule has 2 aromatic rings. The van der Waals surface area contributed by atoms with Gasteiger partial charge in [-0.3, -0.25) is 9.69 Å². The van der Waals surface area contributed by atoms with Crippen LogP contribution in [0.15, 0.2) is 42.5 Å². The maximum absolute atomic E-state index is 12.4. The zero-order valence-electron chi connectivity index (χ0n) is 15.1. The predicted molar refractivity (Wildman–Crippen MR) is 102 cm³/mol. The summed E-state index contributed by atoms with van der Waals surface area (Å²) in [7, 11) is 1.90. The Hall–Kier alpha value is -1.91. The summed E-state index contributed by atoms with van der Waals surface area (Å²) >= 11 is 0. The van der Waals surface area contributed by atoms with Gasteiger partial charge in [-0.1, -0.05) is 36.4 Å². The van der Waals surface area contributed by atoms with Gasteiger partial charge < -0.3 is 9.64 Å². The van der Waals surface area contributed by atoms with Crippen molar-refractivity contribution in [2.75, 3.05) is 39.9 Å². The van der Waals surface area contributed by atoms with Gasteiger partial charge in [0.1, 0.15) is 0 Å². The second kappa shape index (κ2) is 8.97. The predicted octanol–water partition coefficient (Wildman–Crippen LogP) is 3.30. The molecule has 1 fully saturated rings. The van der Waals surface area contributed by atoms with Gasteiger partial charge in [-0.2, -0.15) is 0 Å². The number of hydrogen-bond donors (Lipinski definition) is 0. The van der Waals surface area contributed by atoms with Crippen molar-refractivity contribution in [3.63, 3.8) is 0 Å². The number of fused-ring (bicyclic) bond motifs is 1. The summed E-state index contributed by atoms with van der Waals surface area (Å²) < 4.78 is 5.36. The van der Waals surface area contributed by atoms with Crippen LogP contribution in [0.3, 0.4) is 0 Å². The number of benzene rings is 2. The fourth-order valence-electron chi connectivity index (χ4n) is 3.33. The molecule has 0 unspecified atom stereocenters. The van der Waals surface area contributed by atoms with Crippen LogP contribution in [0.2, 0.25) is 0 Å². The highest BCUT2D eigenvalue weighted by Crippen LogP contribution is 2.17. The lowest BCUT2D eigenvalue weighted by atomic mass is 10.1. The summed E-state index contributed by atoms with van der Waals surface area (Å²) in [5.74, 6) is 0.232. The Morgan fingerprint density at radius 2 is 1.84 bits per heavy atom. The zero-order chi connectivity index (χ0) is 17.5. The normalized spacial score (nSPS) is 15.4. The number of carbonyl (C=O) groups excluding carboxylic acids is 1. The van der Waals surface area contributed by atoms with Gasteiger partial charge >= 0.3 is 0 Å². The van der Waals surface area contributed by atoms with Gasteiger partial charge in [0.25, 0.3) is 0 Å². The Bertz CT molecular complexity index is 695. The Morgan fingerprint density at radius 3 is 2.64 bits per heavy atom. The number of ether oxygens (including phenoxy) is 1. The van der Waals surface area contributed by atoms with E-state index in [1.165, 1.54) is 16.3 Å². The molecule has 25 heavy (non-hydrogen) atoms. The largest absolute Gasteiger partial charge is 0.379 e. The maximum Gasteiger partial charge on any atom is 0.222 e. The van der Waals surface area contributed by atoms with Crippen LogP contribution in [0.4, 0.5) is 0 Å². The van der Waals surface area contributed by atoms with Crippen molar-refractivity contribution < 1.29 is 9.53 Å². The molecule has 3 rings (SSSR count). The van der Waals surface area contributed by atoms with E-state index < -0.39 is 0 Å². The van der Waals surface area contributed by atoms with E-state index in [0.29, 0.717) is 13.0 Å². The summed E-state index contributed by atoms with van der Waals surface area (Å²) in [6.07, 6.45) is 2.67. The molecule has 0 aliphatic carbocycles. The van der Waals surface area contributed by atoms with E-state index in [2.05, 4.69) is 47.4 Å². The summed E-state index contributed by atoms with van der Waals surface area (Å²) in [5, 5.41) is 2.47. The molecule has 0 saturated carbocycles. The average Bonchev–Trinajstić information content (AvgIpc) is 2.65. The Balaban J connectivity index is 1.42. The fraction of sp³-hybridized carbons (Fsp3) is 0.476. The van der Waals surface area contributed by atoms with E-state index >= 15 is 0 Å². The van der Waals surface area contributed by atoms with E-state index in [0.717, 1.165) is 45.7 Å². The number of carbonyl (C=O) groups is 1. The standard InChI is InChI=1S/C21H28N2O2/c1-22(17-18-9-10-19-6-2-3-7-20(19)16-18)21(24)8-4-5-11-23-12-14-25-15-13-23/h2-3,6-7,9-10,16H,4-5,8,11-15,17H2,1H3. The number of unbranched alkanes of at least 4 members (excludes halogenated alkanes) is 1. The molecule has 1 aliphatic heterocycles. The molecule has 0 atom stereocenters. The molecule has 0 bridgehead atoms. The maximum atomic E-state index is 12.4. The van der Waals surface area contributed by atoms with Crippen LogP contribution < -0.4 is 0 Å². The van der Waals surface area contributed by atoms with E-state index in [-0.39, 0.29) is 5.91 Å². The SMILES string of the molecule is CN(Cc1ccc2ccccc2c1)C(=O)CCCCN1CCOCC1. The molecule has 1 saturated heterocycles. The van der Waals surface area contributed by atoms with Gasteiger partial charge in [-0.25, -0.2) is 0 Å². The van der Waals surface area contributed by atoms with Crippen molar-refractivity contribution in [2.24, 2.45) is 0 Å². The Kier molecular flexibility index (Phi) is 6.42. The second-order valence-electron chi connectivity index (χ2n) is 6.84. The van der Waals surface area contributed by atoms with Crippen molar-refractivity contribution in [3.8, 4) is 0 Å². The molecule has 0 aromatic heterocycles. The minimum atomic E-state index is 0.232. The van der Waals surface area contributed by atoms with Crippen LogP contribution in [-0.2, 0) is 16.1 Å². The quantitative estimate of drug-likeness (QED) is 0.725.